The largest absolute Gasteiger partial charge is 0.394 e. The Morgan fingerprint density at radius 3 is 2.09 bits per heavy atom. The molecule has 2 fully saturated rings. The maximum absolute atomic E-state index is 11.9. The van der Waals surface area contributed by atoms with Crippen LogP contribution in [-0.4, -0.2) is 129 Å². The van der Waals surface area contributed by atoms with Crippen LogP contribution in [0.5, 0.6) is 0 Å². The van der Waals surface area contributed by atoms with Gasteiger partial charge in [-0.2, -0.15) is 0 Å². The molecule has 10 atom stereocenters. The summed E-state index contributed by atoms with van der Waals surface area (Å²) in [5, 5.41) is 72.6. The fourth-order valence-electron chi connectivity index (χ4n) is 4.04. The van der Waals surface area contributed by atoms with Gasteiger partial charge < -0.3 is 60.0 Å². The first-order chi connectivity index (χ1) is 16.7. The second-order valence-electron chi connectivity index (χ2n) is 8.89. The summed E-state index contributed by atoms with van der Waals surface area (Å²) in [5.41, 5.74) is 0. The molecule has 2 saturated heterocycles. The Morgan fingerprint density at radius 2 is 1.43 bits per heavy atom. The lowest BCUT2D eigenvalue weighted by Crippen LogP contribution is -2.64. The summed E-state index contributed by atoms with van der Waals surface area (Å²) in [4.78, 5) is 11.9. The minimum Gasteiger partial charge on any atom is -0.394 e. The Morgan fingerprint density at radius 1 is 0.800 bits per heavy atom. The van der Waals surface area contributed by atoms with E-state index in [-0.39, 0.29) is 19.1 Å². The Hall–Kier alpha value is -0.970. The van der Waals surface area contributed by atoms with Crippen LogP contribution in [0.15, 0.2) is 0 Å². The lowest BCUT2D eigenvalue weighted by atomic mass is 9.97. The van der Waals surface area contributed by atoms with Crippen molar-refractivity contribution in [2.24, 2.45) is 0 Å². The van der Waals surface area contributed by atoms with E-state index in [9.17, 15) is 40.5 Å². The molecule has 0 aromatic heterocycles. The van der Waals surface area contributed by atoms with Crippen molar-refractivity contribution < 1.29 is 59.5 Å². The van der Waals surface area contributed by atoms with Crippen LogP contribution in [0.25, 0.3) is 0 Å². The summed E-state index contributed by atoms with van der Waals surface area (Å²) >= 11 is 0. The third-order valence-electron chi connectivity index (χ3n) is 6.17. The molecule has 0 bridgehead atoms. The molecule has 0 radical (unpaired) electrons. The van der Waals surface area contributed by atoms with Gasteiger partial charge in [-0.05, 0) is 6.42 Å². The summed E-state index contributed by atoms with van der Waals surface area (Å²) in [7, 11) is 0. The van der Waals surface area contributed by atoms with E-state index in [1.54, 1.807) is 0 Å². The van der Waals surface area contributed by atoms with Gasteiger partial charge in [0.2, 0.25) is 5.91 Å². The lowest BCUT2D eigenvalue weighted by Gasteiger charge is -2.45. The topological polar surface area (TPSA) is 208 Å². The molecule has 35 heavy (non-hydrogen) atoms. The van der Waals surface area contributed by atoms with Gasteiger partial charge in [0.15, 0.2) is 12.6 Å². The maximum Gasteiger partial charge on any atom is 0.220 e. The standard InChI is InChI=1S/C22H41NO12/c1-2-3-4-5-6-7-14(26)23-8-9-32-21-19(31)17(29)20(13(11-25)34-21)35-22-18(30)16(28)15(27)12(10-24)33-22/h12-13,15-22,24-25,27-31H,2-11H2,1H3,(H,23,26)/t12-,13-,15+,16+,17-,18-,19-,20-,21-,22+/m1/s1. The number of amides is 1. The van der Waals surface area contributed by atoms with Crippen LogP contribution in [-0.2, 0) is 23.7 Å². The van der Waals surface area contributed by atoms with Gasteiger partial charge in [0.25, 0.3) is 0 Å². The summed E-state index contributed by atoms with van der Waals surface area (Å²) in [6, 6.07) is 0. The molecule has 2 aliphatic heterocycles. The zero-order valence-electron chi connectivity index (χ0n) is 20.0. The number of carbonyl (C=O) groups is 1. The number of ether oxygens (including phenoxy) is 4. The molecule has 2 heterocycles. The number of aliphatic hydroxyl groups excluding tert-OH is 7. The van der Waals surface area contributed by atoms with Gasteiger partial charge in [-0.3, -0.25) is 4.79 Å². The number of hydrogen-bond acceptors (Lipinski definition) is 12. The molecule has 8 N–H and O–H groups in total. The summed E-state index contributed by atoms with van der Waals surface area (Å²) in [6.45, 7) is 0.929. The first-order valence-electron chi connectivity index (χ1n) is 12.2. The molecule has 0 spiro atoms. The van der Waals surface area contributed by atoms with Crippen LogP contribution in [0.3, 0.4) is 0 Å². The van der Waals surface area contributed by atoms with Crippen molar-refractivity contribution in [1.82, 2.24) is 5.32 Å². The van der Waals surface area contributed by atoms with Crippen LogP contribution in [0.1, 0.15) is 45.4 Å². The minimum atomic E-state index is -1.74. The van der Waals surface area contributed by atoms with E-state index in [1.165, 1.54) is 0 Å². The summed E-state index contributed by atoms with van der Waals surface area (Å²) < 4.78 is 21.7. The number of nitrogens with one attached hydrogen (secondary N) is 1. The van der Waals surface area contributed by atoms with Crippen molar-refractivity contribution >= 4 is 5.91 Å². The molecular formula is C22H41NO12. The van der Waals surface area contributed by atoms with Gasteiger partial charge in [0.1, 0.15) is 48.8 Å². The van der Waals surface area contributed by atoms with Crippen molar-refractivity contribution in [3.63, 3.8) is 0 Å². The number of hydrogen-bond donors (Lipinski definition) is 8. The molecular weight excluding hydrogens is 470 g/mol. The number of carbonyl (C=O) groups excluding carboxylic acids is 1. The van der Waals surface area contributed by atoms with E-state index in [1.807, 2.05) is 0 Å². The molecule has 1 amide bonds. The Labute approximate surface area is 204 Å². The molecule has 206 valence electrons. The molecule has 0 aromatic rings. The van der Waals surface area contributed by atoms with E-state index in [0.717, 1.165) is 32.1 Å². The summed E-state index contributed by atoms with van der Waals surface area (Å²) in [5.74, 6) is -0.114. The predicted octanol–water partition coefficient (Wildman–Crippen LogP) is -2.90. The van der Waals surface area contributed by atoms with Crippen LogP contribution >= 0.6 is 0 Å². The molecule has 0 unspecified atom stereocenters. The van der Waals surface area contributed by atoms with Gasteiger partial charge >= 0.3 is 0 Å². The van der Waals surface area contributed by atoms with Gasteiger partial charge in [0, 0.05) is 13.0 Å². The smallest absolute Gasteiger partial charge is 0.220 e. The van der Waals surface area contributed by atoms with Crippen molar-refractivity contribution in [1.29, 1.82) is 0 Å². The highest BCUT2D eigenvalue weighted by molar-refractivity contribution is 5.75. The van der Waals surface area contributed by atoms with E-state index >= 15 is 0 Å². The highest BCUT2D eigenvalue weighted by atomic mass is 16.7. The predicted molar refractivity (Wildman–Crippen MR) is 119 cm³/mol. The third-order valence-corrected chi connectivity index (χ3v) is 6.17. The Balaban J connectivity index is 1.81. The van der Waals surface area contributed by atoms with Gasteiger partial charge in [-0.25, -0.2) is 0 Å². The zero-order valence-corrected chi connectivity index (χ0v) is 20.0. The Bertz CT molecular complexity index is 609. The second kappa shape index (κ2) is 15.3. The van der Waals surface area contributed by atoms with Gasteiger partial charge in [0.05, 0.1) is 19.8 Å². The van der Waals surface area contributed by atoms with Crippen LogP contribution in [0, 0.1) is 0 Å². The number of unbranched alkanes of at least 4 members (excludes halogenated alkanes) is 4. The molecule has 2 aliphatic rings. The quantitative estimate of drug-likeness (QED) is 0.111. The normalized spacial score (nSPS) is 37.8. The molecule has 2 rings (SSSR count). The van der Waals surface area contributed by atoms with Crippen molar-refractivity contribution in [3.05, 3.63) is 0 Å². The number of aliphatic hydroxyl groups is 7. The fraction of sp³-hybridized carbons (Fsp3) is 0.955. The van der Waals surface area contributed by atoms with E-state index in [0.29, 0.717) is 6.42 Å². The van der Waals surface area contributed by atoms with E-state index in [2.05, 4.69) is 12.2 Å². The Kier molecular flexibility index (Phi) is 13.2. The lowest BCUT2D eigenvalue weighted by molar-refractivity contribution is -0.359. The molecule has 13 nitrogen and oxygen atoms in total. The molecule has 0 aliphatic carbocycles. The molecule has 13 heteroatoms. The zero-order chi connectivity index (χ0) is 26.0. The highest BCUT2D eigenvalue weighted by Crippen LogP contribution is 2.29. The van der Waals surface area contributed by atoms with E-state index in [4.69, 9.17) is 18.9 Å². The average Bonchev–Trinajstić information content (AvgIpc) is 2.85. The second-order valence-corrected chi connectivity index (χ2v) is 8.89. The molecule has 0 saturated carbocycles. The van der Waals surface area contributed by atoms with Crippen molar-refractivity contribution in [2.75, 3.05) is 26.4 Å². The van der Waals surface area contributed by atoms with Gasteiger partial charge in [-0.1, -0.05) is 32.6 Å². The van der Waals surface area contributed by atoms with Crippen LogP contribution in [0.4, 0.5) is 0 Å². The van der Waals surface area contributed by atoms with Crippen molar-refractivity contribution in [2.45, 2.75) is 107 Å². The third kappa shape index (κ3) is 8.54. The highest BCUT2D eigenvalue weighted by Gasteiger charge is 2.50. The fourth-order valence-corrected chi connectivity index (χ4v) is 4.04. The minimum absolute atomic E-state index is 0.0214. The summed E-state index contributed by atoms with van der Waals surface area (Å²) in [6.07, 6.45) is -9.47. The van der Waals surface area contributed by atoms with Crippen LogP contribution < -0.4 is 5.32 Å². The average molecular weight is 512 g/mol. The van der Waals surface area contributed by atoms with Crippen molar-refractivity contribution in [3.8, 4) is 0 Å². The SMILES string of the molecule is CCCCCCCC(=O)NCCO[C@@H]1O[C@H](CO)[C@@H](O[C@@H]2O[C@H](CO)[C@H](O)[C@H](O)[C@H]2O)[C@H](O)[C@H]1O. The monoisotopic (exact) mass is 511 g/mol. The molecule has 0 aromatic carbocycles. The first-order valence-corrected chi connectivity index (χ1v) is 12.2. The maximum atomic E-state index is 11.9. The van der Waals surface area contributed by atoms with Gasteiger partial charge in [-0.15, -0.1) is 0 Å². The van der Waals surface area contributed by atoms with Crippen LogP contribution in [0.2, 0.25) is 0 Å². The van der Waals surface area contributed by atoms with E-state index < -0.39 is 74.6 Å². The first kappa shape index (κ1) is 30.3. The number of rotatable bonds is 14.